The van der Waals surface area contributed by atoms with Gasteiger partial charge in [0.1, 0.15) is 24.0 Å². The molecule has 0 amide bonds. The molecule has 1 atom stereocenters. The van der Waals surface area contributed by atoms with Gasteiger partial charge in [-0.2, -0.15) is 0 Å². The van der Waals surface area contributed by atoms with Gasteiger partial charge in [-0.3, -0.25) is 0 Å². The lowest BCUT2D eigenvalue weighted by molar-refractivity contribution is -0.142. The highest BCUT2D eigenvalue weighted by atomic mass is 19.1. The quantitative estimate of drug-likeness (QED) is 0.800. The van der Waals surface area contributed by atoms with E-state index in [9.17, 15) is 13.6 Å². The monoisotopic (exact) mass is 261 g/mol. The number of hydrogen-bond acceptors (Lipinski definition) is 4. The van der Waals surface area contributed by atoms with E-state index in [0.717, 1.165) is 12.1 Å². The summed E-state index contributed by atoms with van der Waals surface area (Å²) in [6, 6.07) is 0.903. The first-order valence-electron chi connectivity index (χ1n) is 5.03. The first-order valence-corrected chi connectivity index (χ1v) is 5.03. The highest BCUT2D eigenvalue weighted by molar-refractivity contribution is 5.67. The zero-order valence-electron chi connectivity index (χ0n) is 9.65. The summed E-state index contributed by atoms with van der Waals surface area (Å²) in [5.74, 6) is -2.87. The van der Waals surface area contributed by atoms with Crippen LogP contribution >= 0.6 is 0 Å². The first kappa shape index (κ1) is 14.3. The molecule has 3 N–H and O–H groups in total. The fraction of sp³-hybridized carbons (Fsp3) is 0.364. The van der Waals surface area contributed by atoms with Crippen molar-refractivity contribution in [3.63, 3.8) is 0 Å². The van der Waals surface area contributed by atoms with E-state index >= 15 is 0 Å². The van der Waals surface area contributed by atoms with Gasteiger partial charge >= 0.3 is 5.97 Å². The molecule has 1 unspecified atom stereocenters. The molecule has 0 fully saturated rings. The molecule has 18 heavy (non-hydrogen) atoms. The zero-order chi connectivity index (χ0) is 13.7. The maximum atomic E-state index is 13.6. The minimum atomic E-state index is -1.18. The van der Waals surface area contributed by atoms with Crippen LogP contribution in [0.3, 0.4) is 0 Å². The van der Waals surface area contributed by atoms with Gasteiger partial charge in [-0.15, -0.1) is 0 Å². The number of nitrogens with two attached hydrogens (primary N) is 1. The van der Waals surface area contributed by atoms with Crippen molar-refractivity contribution in [3.8, 4) is 5.75 Å². The summed E-state index contributed by atoms with van der Waals surface area (Å²) in [7, 11) is 1.28. The van der Waals surface area contributed by atoms with Crippen LogP contribution in [0.4, 0.5) is 8.78 Å². The standard InChI is InChI=1S/C11H13F2NO4/c1-17-6-2-7(12)11(8(13)3-6)9(14)4-18-5-10(15)16/h2-3,9H,4-5,14H2,1H3,(H,15,16). The molecule has 7 heteroatoms. The van der Waals surface area contributed by atoms with Gasteiger partial charge in [0, 0.05) is 17.7 Å². The third-order valence-corrected chi connectivity index (χ3v) is 2.18. The number of ether oxygens (including phenoxy) is 2. The average molecular weight is 261 g/mol. The van der Waals surface area contributed by atoms with Crippen LogP contribution in [-0.4, -0.2) is 31.4 Å². The smallest absolute Gasteiger partial charge is 0.329 e. The molecule has 1 aromatic carbocycles. The summed E-state index contributed by atoms with van der Waals surface area (Å²) in [6.07, 6.45) is 0. The minimum absolute atomic E-state index is 0.0346. The van der Waals surface area contributed by atoms with Crippen LogP contribution in [0.5, 0.6) is 5.75 Å². The summed E-state index contributed by atoms with van der Waals surface area (Å²) in [5, 5.41) is 8.34. The van der Waals surface area contributed by atoms with Crippen LogP contribution < -0.4 is 10.5 Å². The van der Waals surface area contributed by atoms with Crippen LogP contribution in [0.25, 0.3) is 0 Å². The Morgan fingerprint density at radius 1 is 1.44 bits per heavy atom. The van der Waals surface area contributed by atoms with Crippen LogP contribution in [0.2, 0.25) is 0 Å². The van der Waals surface area contributed by atoms with Crippen molar-refractivity contribution in [1.29, 1.82) is 0 Å². The maximum Gasteiger partial charge on any atom is 0.329 e. The Bertz CT molecular complexity index is 416. The van der Waals surface area contributed by atoms with Crippen molar-refractivity contribution in [2.75, 3.05) is 20.3 Å². The molecule has 100 valence electrons. The Labute approximate surface area is 102 Å². The summed E-state index contributed by atoms with van der Waals surface area (Å²) in [4.78, 5) is 10.2. The van der Waals surface area contributed by atoms with E-state index < -0.39 is 30.3 Å². The SMILES string of the molecule is COc1cc(F)c(C(N)COCC(=O)O)c(F)c1. The number of halogens is 2. The van der Waals surface area contributed by atoms with Crippen LogP contribution in [0.15, 0.2) is 12.1 Å². The highest BCUT2D eigenvalue weighted by Crippen LogP contribution is 2.24. The molecule has 0 aliphatic carbocycles. The van der Waals surface area contributed by atoms with Crippen molar-refractivity contribution < 1.29 is 28.2 Å². The van der Waals surface area contributed by atoms with E-state index in [-0.39, 0.29) is 17.9 Å². The number of hydrogen-bond donors (Lipinski definition) is 2. The second-order valence-corrected chi connectivity index (χ2v) is 3.52. The normalized spacial score (nSPS) is 12.2. The number of carboxylic acids is 1. The fourth-order valence-electron chi connectivity index (χ4n) is 1.39. The molecule has 1 rings (SSSR count). The van der Waals surface area contributed by atoms with Gasteiger partial charge in [-0.1, -0.05) is 0 Å². The summed E-state index contributed by atoms with van der Waals surface area (Å²) < 4.78 is 36.5. The van der Waals surface area contributed by atoms with Gasteiger partial charge in [0.2, 0.25) is 0 Å². The number of benzene rings is 1. The van der Waals surface area contributed by atoms with Crippen molar-refractivity contribution in [2.24, 2.45) is 5.73 Å². The van der Waals surface area contributed by atoms with Gasteiger partial charge < -0.3 is 20.3 Å². The molecule has 5 nitrogen and oxygen atoms in total. The van der Waals surface area contributed by atoms with Crippen molar-refractivity contribution >= 4 is 5.97 Å². The lowest BCUT2D eigenvalue weighted by atomic mass is 10.1. The number of aliphatic carboxylic acids is 1. The summed E-state index contributed by atoms with van der Waals surface area (Å²) >= 11 is 0. The first-order chi connectivity index (χ1) is 8.45. The number of carboxylic acid groups (broad SMARTS) is 1. The predicted octanol–water partition coefficient (Wildman–Crippen LogP) is 1.07. The lowest BCUT2D eigenvalue weighted by Crippen LogP contribution is -2.22. The number of rotatable bonds is 6. The van der Waals surface area contributed by atoms with Gasteiger partial charge in [0.05, 0.1) is 19.8 Å². The topological polar surface area (TPSA) is 81.8 Å². The number of methoxy groups -OCH3 is 1. The second kappa shape index (κ2) is 6.27. The van der Waals surface area contributed by atoms with Crippen LogP contribution in [0, 0.1) is 11.6 Å². The van der Waals surface area contributed by atoms with Crippen molar-refractivity contribution in [1.82, 2.24) is 0 Å². The van der Waals surface area contributed by atoms with E-state index in [1.54, 1.807) is 0 Å². The van der Waals surface area contributed by atoms with Gasteiger partial charge in [-0.05, 0) is 0 Å². The Balaban J connectivity index is 2.79. The molecule has 0 heterocycles. The molecule has 0 bridgehead atoms. The highest BCUT2D eigenvalue weighted by Gasteiger charge is 2.19. The molecule has 0 radical (unpaired) electrons. The third kappa shape index (κ3) is 3.64. The largest absolute Gasteiger partial charge is 0.497 e. The molecular weight excluding hydrogens is 248 g/mol. The van der Waals surface area contributed by atoms with Crippen molar-refractivity contribution in [2.45, 2.75) is 6.04 Å². The predicted molar refractivity (Wildman–Crippen MR) is 58.3 cm³/mol. The molecular formula is C11H13F2NO4. The molecule has 0 aromatic heterocycles. The minimum Gasteiger partial charge on any atom is -0.497 e. The Morgan fingerprint density at radius 3 is 2.44 bits per heavy atom. The van der Waals surface area contributed by atoms with Gasteiger partial charge in [-0.25, -0.2) is 13.6 Å². The third-order valence-electron chi connectivity index (χ3n) is 2.18. The molecule has 1 aromatic rings. The molecule has 0 aliphatic heterocycles. The van der Waals surface area contributed by atoms with E-state index in [1.165, 1.54) is 7.11 Å². The maximum absolute atomic E-state index is 13.6. The Hall–Kier alpha value is -1.73. The molecule has 0 saturated carbocycles. The Morgan fingerprint density at radius 2 is 2.00 bits per heavy atom. The zero-order valence-corrected chi connectivity index (χ0v) is 9.65. The van der Waals surface area contributed by atoms with E-state index in [2.05, 4.69) is 4.74 Å². The van der Waals surface area contributed by atoms with Gasteiger partial charge in [0.15, 0.2) is 0 Å². The lowest BCUT2D eigenvalue weighted by Gasteiger charge is -2.14. The summed E-state index contributed by atoms with van der Waals surface area (Å²) in [6.45, 7) is -0.875. The van der Waals surface area contributed by atoms with E-state index in [1.807, 2.05) is 0 Å². The molecule has 0 spiro atoms. The number of carbonyl (C=O) groups is 1. The van der Waals surface area contributed by atoms with Crippen LogP contribution in [0.1, 0.15) is 11.6 Å². The Kier molecular flexibility index (Phi) is 4.99. The van der Waals surface area contributed by atoms with E-state index in [4.69, 9.17) is 15.6 Å². The molecule has 0 aliphatic rings. The summed E-state index contributed by atoms with van der Waals surface area (Å²) in [5.41, 5.74) is 5.18. The second-order valence-electron chi connectivity index (χ2n) is 3.52. The van der Waals surface area contributed by atoms with E-state index in [0.29, 0.717) is 0 Å². The van der Waals surface area contributed by atoms with Crippen molar-refractivity contribution in [3.05, 3.63) is 29.3 Å². The average Bonchev–Trinajstić information content (AvgIpc) is 2.27. The molecule has 0 saturated heterocycles. The van der Waals surface area contributed by atoms with Crippen LogP contribution in [-0.2, 0) is 9.53 Å². The fourth-order valence-corrected chi connectivity index (χ4v) is 1.39. The van der Waals surface area contributed by atoms with Gasteiger partial charge in [0.25, 0.3) is 0 Å².